The van der Waals surface area contributed by atoms with Gasteiger partial charge in [0.15, 0.2) is 29.1 Å². The molecule has 0 aliphatic heterocycles. The number of hydrogen-bond donors (Lipinski definition) is 0. The molecule has 0 radical (unpaired) electrons. The number of benzene rings is 2. The molecule has 0 bridgehead atoms. The molecule has 0 atom stereocenters. The molecule has 7 rings (SSSR count). The lowest BCUT2D eigenvalue weighted by molar-refractivity contribution is 0.483. The van der Waals surface area contributed by atoms with Crippen molar-refractivity contribution in [2.75, 3.05) is 0 Å². The second-order valence-corrected chi connectivity index (χ2v) is 19.9. The minimum Gasteiger partial charge on any atom is -0.236 e. The summed E-state index contributed by atoms with van der Waals surface area (Å²) in [4.78, 5) is 52.3. The highest BCUT2D eigenvalue weighted by atomic mass is 15.0. The van der Waals surface area contributed by atoms with Crippen LogP contribution >= 0.6 is 0 Å². The monoisotopic (exact) mass is 965 g/mol. The second-order valence-electron chi connectivity index (χ2n) is 19.9. The maximum atomic E-state index is 5.48. The molecule has 0 aliphatic carbocycles. The molecule has 0 spiro atoms. The molecule has 5 heterocycles. The van der Waals surface area contributed by atoms with Crippen LogP contribution < -0.4 is 0 Å². The van der Waals surface area contributed by atoms with Gasteiger partial charge in [0.05, 0.1) is 50.7 Å². The number of nitrogens with zero attached hydrogens (tertiary/aromatic N) is 10. The quantitative estimate of drug-likeness (QED) is 0.0517. The predicted molar refractivity (Wildman–Crippen MR) is 296 cm³/mol. The topological polar surface area (TPSA) is 129 Å². The van der Waals surface area contributed by atoms with Crippen molar-refractivity contribution in [2.45, 2.75) is 166 Å². The first kappa shape index (κ1) is 53.6. The highest BCUT2D eigenvalue weighted by molar-refractivity contribution is 5.70. The minimum atomic E-state index is 0.426. The van der Waals surface area contributed by atoms with Gasteiger partial charge in [0.1, 0.15) is 0 Å². The van der Waals surface area contributed by atoms with Crippen LogP contribution in [0.1, 0.15) is 162 Å². The molecule has 72 heavy (non-hydrogen) atoms. The Balaban J connectivity index is 1.35. The summed E-state index contributed by atoms with van der Waals surface area (Å²) < 4.78 is 0. The molecule has 0 unspecified atom stereocenters. The van der Waals surface area contributed by atoms with Crippen LogP contribution in [0.25, 0.3) is 68.1 Å². The molecule has 10 nitrogen and oxygen atoms in total. The van der Waals surface area contributed by atoms with E-state index in [9.17, 15) is 0 Å². The smallest absolute Gasteiger partial charge is 0.162 e. The summed E-state index contributed by atoms with van der Waals surface area (Å²) in [7, 11) is 0. The lowest BCUT2D eigenvalue weighted by atomic mass is 9.93. The molecule has 5 aromatic heterocycles. The van der Waals surface area contributed by atoms with Gasteiger partial charge in [0.25, 0.3) is 0 Å². The third-order valence-corrected chi connectivity index (χ3v) is 15.6. The Morgan fingerprint density at radius 2 is 0.486 bits per heavy atom. The first-order valence-corrected chi connectivity index (χ1v) is 27.6. The van der Waals surface area contributed by atoms with Crippen molar-refractivity contribution in [3.05, 3.63) is 120 Å². The molecule has 2 aromatic carbocycles. The van der Waals surface area contributed by atoms with E-state index in [4.69, 9.17) is 49.8 Å². The van der Waals surface area contributed by atoms with E-state index >= 15 is 0 Å². The zero-order valence-corrected chi connectivity index (χ0v) is 45.1. The van der Waals surface area contributed by atoms with Gasteiger partial charge in [-0.25, -0.2) is 49.8 Å². The number of rotatable bonds is 26. The molecule has 7 aromatic rings. The Hall–Kier alpha value is -6.16. The van der Waals surface area contributed by atoms with Crippen LogP contribution in [0, 0.1) is 29.6 Å². The summed E-state index contributed by atoms with van der Waals surface area (Å²) in [6, 6.07) is 20.8. The summed E-state index contributed by atoms with van der Waals surface area (Å²) in [5.41, 5.74) is 11.6. The van der Waals surface area contributed by atoms with Crippen LogP contribution in [0.15, 0.2) is 91.6 Å². The average Bonchev–Trinajstić information content (AvgIpc) is 3.44. The van der Waals surface area contributed by atoms with E-state index in [1.54, 1.807) is 0 Å². The van der Waals surface area contributed by atoms with Crippen molar-refractivity contribution in [3.63, 3.8) is 0 Å². The van der Waals surface area contributed by atoms with Crippen LogP contribution in [0.4, 0.5) is 0 Å². The second kappa shape index (κ2) is 26.5. The van der Waals surface area contributed by atoms with E-state index in [0.717, 1.165) is 170 Å². The van der Waals surface area contributed by atoms with Crippen molar-refractivity contribution in [3.8, 4) is 68.1 Å². The maximum absolute atomic E-state index is 5.48. The summed E-state index contributed by atoms with van der Waals surface area (Å²) in [5.74, 6) is 5.64. The largest absolute Gasteiger partial charge is 0.236 e. The van der Waals surface area contributed by atoms with E-state index in [2.05, 4.69) is 112 Å². The molecular formula is C62H80N10. The van der Waals surface area contributed by atoms with E-state index in [-0.39, 0.29) is 0 Å². The third kappa shape index (κ3) is 13.1. The van der Waals surface area contributed by atoms with E-state index in [1.807, 2.05) is 49.2 Å². The highest BCUT2D eigenvalue weighted by Crippen LogP contribution is 2.35. The first-order chi connectivity index (χ1) is 35.2. The van der Waals surface area contributed by atoms with Gasteiger partial charge < -0.3 is 0 Å². The fraction of sp³-hybridized carbons (Fsp3) is 0.484. The molecule has 0 fully saturated rings. The Kier molecular flexibility index (Phi) is 19.7. The van der Waals surface area contributed by atoms with Gasteiger partial charge in [-0.15, -0.1) is 0 Å². The van der Waals surface area contributed by atoms with Crippen molar-refractivity contribution in [1.82, 2.24) is 49.8 Å². The lowest BCUT2D eigenvalue weighted by Crippen LogP contribution is -2.13. The standard InChI is InChI=1S/C62H80N10/c1-11-41(12-2)31-53-48(46-27-23-21-24-28-46)36-64-59(69-53)50-38-66-61(71-55(50)33-43(15-5)16-6)52-40-67-62(72-57(52)35-45(19-9)20-10)51-39-65-60(70-56(51)34-44(17-7)18-8)49-37-63-58(47-29-25-22-26-30-47)68-54(49)32-42(13-3)14-4/h21-30,36-45H,11-20,31-35H2,1-10H3. The molecule has 0 amide bonds. The lowest BCUT2D eigenvalue weighted by Gasteiger charge is -2.19. The summed E-state index contributed by atoms with van der Waals surface area (Å²) in [6.07, 6.45) is 24.5. The summed E-state index contributed by atoms with van der Waals surface area (Å²) in [6.45, 7) is 22.7. The van der Waals surface area contributed by atoms with Gasteiger partial charge in [0, 0.05) is 42.1 Å². The van der Waals surface area contributed by atoms with Crippen LogP contribution in [0.2, 0.25) is 0 Å². The Labute approximate surface area is 431 Å². The van der Waals surface area contributed by atoms with E-state index in [0.29, 0.717) is 52.9 Å². The molecule has 0 N–H and O–H groups in total. The van der Waals surface area contributed by atoms with Gasteiger partial charge in [-0.3, -0.25) is 0 Å². The molecule has 10 heteroatoms. The molecular weight excluding hydrogens is 885 g/mol. The van der Waals surface area contributed by atoms with Gasteiger partial charge >= 0.3 is 0 Å². The van der Waals surface area contributed by atoms with Crippen molar-refractivity contribution in [1.29, 1.82) is 0 Å². The predicted octanol–water partition coefficient (Wildman–Crippen LogP) is 15.5. The summed E-state index contributed by atoms with van der Waals surface area (Å²) >= 11 is 0. The van der Waals surface area contributed by atoms with Crippen molar-refractivity contribution in [2.24, 2.45) is 29.6 Å². The Morgan fingerprint density at radius 3 is 0.764 bits per heavy atom. The highest BCUT2D eigenvalue weighted by Gasteiger charge is 2.25. The van der Waals surface area contributed by atoms with Gasteiger partial charge in [-0.2, -0.15) is 0 Å². The molecule has 0 aliphatic rings. The van der Waals surface area contributed by atoms with Gasteiger partial charge in [-0.05, 0) is 67.3 Å². The fourth-order valence-corrected chi connectivity index (χ4v) is 9.97. The summed E-state index contributed by atoms with van der Waals surface area (Å²) in [5, 5.41) is 0. The zero-order chi connectivity index (χ0) is 51.0. The number of aromatic nitrogens is 10. The maximum Gasteiger partial charge on any atom is 0.162 e. The van der Waals surface area contributed by atoms with Crippen molar-refractivity contribution >= 4 is 0 Å². The molecule has 0 saturated heterocycles. The SMILES string of the molecule is CCC(CC)Cc1nc(-c2cnc(-c3cnc(-c4cnc(-c5cnc(-c6ccccc6)nc5CC(CC)CC)nc4CC(CC)CC)nc3CC(CC)CC)nc2CC(CC)CC)ncc1-c1ccccc1. The van der Waals surface area contributed by atoms with Crippen LogP contribution in [0.3, 0.4) is 0 Å². The third-order valence-electron chi connectivity index (χ3n) is 15.6. The van der Waals surface area contributed by atoms with E-state index in [1.165, 1.54) is 0 Å². The van der Waals surface area contributed by atoms with Gasteiger partial charge in [0.2, 0.25) is 0 Å². The fourth-order valence-electron chi connectivity index (χ4n) is 9.97. The number of hydrogen-bond acceptors (Lipinski definition) is 10. The molecule has 378 valence electrons. The van der Waals surface area contributed by atoms with Crippen LogP contribution in [0.5, 0.6) is 0 Å². The Bertz CT molecular complexity index is 2770. The first-order valence-electron chi connectivity index (χ1n) is 27.6. The van der Waals surface area contributed by atoms with E-state index < -0.39 is 0 Å². The zero-order valence-electron chi connectivity index (χ0n) is 45.1. The van der Waals surface area contributed by atoms with Crippen molar-refractivity contribution < 1.29 is 0 Å². The Morgan fingerprint density at radius 1 is 0.264 bits per heavy atom. The van der Waals surface area contributed by atoms with Gasteiger partial charge in [-0.1, -0.05) is 194 Å². The average molecular weight is 965 g/mol. The van der Waals surface area contributed by atoms with Crippen LogP contribution in [-0.2, 0) is 32.1 Å². The minimum absolute atomic E-state index is 0.426. The molecule has 0 saturated carbocycles. The van der Waals surface area contributed by atoms with Crippen LogP contribution in [-0.4, -0.2) is 49.8 Å². The normalized spacial score (nSPS) is 11.8.